The van der Waals surface area contributed by atoms with E-state index in [1.54, 1.807) is 0 Å². The molecule has 0 radical (unpaired) electrons. The predicted octanol–water partition coefficient (Wildman–Crippen LogP) is 2.27. The fraction of sp³-hybridized carbons (Fsp3) is 0.231. The lowest BCUT2D eigenvalue weighted by molar-refractivity contribution is 0.0960. The summed E-state index contributed by atoms with van der Waals surface area (Å²) in [5.41, 5.74) is 0.633. The third-order valence-electron chi connectivity index (χ3n) is 3.13. The van der Waals surface area contributed by atoms with E-state index in [1.165, 1.54) is 24.3 Å². The summed E-state index contributed by atoms with van der Waals surface area (Å²) in [7, 11) is -3.75. The maximum absolute atomic E-state index is 12.3. The van der Waals surface area contributed by atoms with Crippen LogP contribution in [0.3, 0.4) is 0 Å². The van der Waals surface area contributed by atoms with Crippen molar-refractivity contribution < 1.29 is 13.2 Å². The Hall–Kier alpha value is -1.64. The van der Waals surface area contributed by atoms with E-state index in [-0.39, 0.29) is 15.9 Å². The third-order valence-corrected chi connectivity index (χ3v) is 5.87. The summed E-state index contributed by atoms with van der Waals surface area (Å²) in [6, 6.07) is 5.83. The number of carbonyl (C=O) groups excluding carboxylic acids is 1. The number of fused-ring (bicyclic) bond motifs is 1. The van der Waals surface area contributed by atoms with Crippen molar-refractivity contribution in [3.05, 3.63) is 39.9 Å². The number of benzene rings is 1. The standard InChI is InChI=1S/C13H12ClN3O3S2/c14-8-3-5-9(6-4-8)22(19,20)17-13-16-10-2-1-7-15-12(18)11(10)21-13/h3-6H,1-2,7H2,(H,15,18)(H,16,17). The molecule has 9 heteroatoms. The number of sulfonamides is 1. The van der Waals surface area contributed by atoms with Crippen molar-refractivity contribution in [1.29, 1.82) is 0 Å². The van der Waals surface area contributed by atoms with Gasteiger partial charge in [0, 0.05) is 11.6 Å². The number of thiazole rings is 1. The van der Waals surface area contributed by atoms with Crippen molar-refractivity contribution in [2.45, 2.75) is 17.7 Å². The van der Waals surface area contributed by atoms with E-state index in [1.807, 2.05) is 0 Å². The molecule has 0 bridgehead atoms. The molecule has 22 heavy (non-hydrogen) atoms. The van der Waals surface area contributed by atoms with Gasteiger partial charge in [0.15, 0.2) is 5.13 Å². The Bertz CT molecular complexity index is 816. The van der Waals surface area contributed by atoms with Gasteiger partial charge >= 0.3 is 0 Å². The first-order valence-electron chi connectivity index (χ1n) is 6.52. The fourth-order valence-electron chi connectivity index (χ4n) is 2.07. The lowest BCUT2D eigenvalue weighted by Gasteiger charge is -2.05. The van der Waals surface area contributed by atoms with Gasteiger partial charge in [0.2, 0.25) is 0 Å². The fourth-order valence-corrected chi connectivity index (χ4v) is 4.36. The number of hydrogen-bond acceptors (Lipinski definition) is 5. The molecule has 0 saturated carbocycles. The summed E-state index contributed by atoms with van der Waals surface area (Å²) in [5.74, 6) is -0.207. The first-order valence-corrected chi connectivity index (χ1v) is 9.20. The van der Waals surface area contributed by atoms with Gasteiger partial charge in [0.1, 0.15) is 4.88 Å². The molecule has 0 atom stereocenters. The summed E-state index contributed by atoms with van der Waals surface area (Å²) < 4.78 is 27.0. The highest BCUT2D eigenvalue weighted by Gasteiger charge is 2.23. The highest BCUT2D eigenvalue weighted by atomic mass is 35.5. The van der Waals surface area contributed by atoms with Crippen LogP contribution in [-0.4, -0.2) is 25.9 Å². The first kappa shape index (κ1) is 15.3. The lowest BCUT2D eigenvalue weighted by atomic mass is 10.2. The molecule has 0 unspecified atom stereocenters. The largest absolute Gasteiger partial charge is 0.351 e. The van der Waals surface area contributed by atoms with Gasteiger partial charge in [-0.1, -0.05) is 22.9 Å². The van der Waals surface area contributed by atoms with Crippen LogP contribution >= 0.6 is 22.9 Å². The highest BCUT2D eigenvalue weighted by Crippen LogP contribution is 2.27. The summed E-state index contributed by atoms with van der Waals surface area (Å²) in [6.45, 7) is 0.605. The molecule has 0 aliphatic carbocycles. The van der Waals surface area contributed by atoms with Crippen LogP contribution < -0.4 is 10.0 Å². The Morgan fingerprint density at radius 3 is 2.73 bits per heavy atom. The number of halogens is 1. The number of amides is 1. The Labute approximate surface area is 136 Å². The first-order chi connectivity index (χ1) is 10.5. The van der Waals surface area contributed by atoms with Crippen LogP contribution in [0.1, 0.15) is 21.8 Å². The Morgan fingerprint density at radius 1 is 1.27 bits per heavy atom. The zero-order chi connectivity index (χ0) is 15.7. The van der Waals surface area contributed by atoms with Gasteiger partial charge in [-0.15, -0.1) is 0 Å². The van der Waals surface area contributed by atoms with E-state index in [0.29, 0.717) is 28.6 Å². The van der Waals surface area contributed by atoms with Crippen molar-refractivity contribution in [2.24, 2.45) is 0 Å². The van der Waals surface area contributed by atoms with Gasteiger partial charge in [0.05, 0.1) is 10.6 Å². The van der Waals surface area contributed by atoms with Crippen LogP contribution in [0.5, 0.6) is 0 Å². The number of anilines is 1. The molecule has 2 N–H and O–H groups in total. The van der Waals surface area contributed by atoms with Gasteiger partial charge in [0.25, 0.3) is 15.9 Å². The van der Waals surface area contributed by atoms with E-state index < -0.39 is 10.0 Å². The van der Waals surface area contributed by atoms with Gasteiger partial charge in [-0.3, -0.25) is 9.52 Å². The molecule has 3 rings (SSSR count). The van der Waals surface area contributed by atoms with Crippen LogP contribution in [0.15, 0.2) is 29.2 Å². The average molecular weight is 358 g/mol. The summed E-state index contributed by atoms with van der Waals surface area (Å²) in [4.78, 5) is 16.6. The van der Waals surface area contributed by atoms with Crippen molar-refractivity contribution >= 4 is 44.0 Å². The summed E-state index contributed by atoms with van der Waals surface area (Å²) in [6.07, 6.45) is 1.43. The molecule has 0 fully saturated rings. The smallest absolute Gasteiger partial charge is 0.263 e. The monoisotopic (exact) mass is 357 g/mol. The molecule has 0 saturated heterocycles. The van der Waals surface area contributed by atoms with Gasteiger partial charge < -0.3 is 5.32 Å². The second-order valence-corrected chi connectivity index (χ2v) is 7.83. The van der Waals surface area contributed by atoms with Crippen LogP contribution in [0.2, 0.25) is 5.02 Å². The Kier molecular flexibility index (Phi) is 4.07. The quantitative estimate of drug-likeness (QED) is 0.882. The van der Waals surface area contributed by atoms with Gasteiger partial charge in [-0.05, 0) is 37.1 Å². The van der Waals surface area contributed by atoms with Crippen molar-refractivity contribution in [1.82, 2.24) is 10.3 Å². The topological polar surface area (TPSA) is 88.2 Å². The van der Waals surface area contributed by atoms with E-state index in [2.05, 4.69) is 15.0 Å². The molecule has 1 amide bonds. The molecule has 1 aromatic carbocycles. The number of aryl methyl sites for hydroxylation is 1. The lowest BCUT2D eigenvalue weighted by Crippen LogP contribution is -2.21. The van der Waals surface area contributed by atoms with Crippen LogP contribution in [0.4, 0.5) is 5.13 Å². The summed E-state index contributed by atoms with van der Waals surface area (Å²) >= 11 is 6.79. The normalized spacial score (nSPS) is 14.9. The van der Waals surface area contributed by atoms with Crippen molar-refractivity contribution in [2.75, 3.05) is 11.3 Å². The number of rotatable bonds is 3. The molecular weight excluding hydrogens is 346 g/mol. The third kappa shape index (κ3) is 3.08. The van der Waals surface area contributed by atoms with Gasteiger partial charge in [-0.2, -0.15) is 0 Å². The number of hydrogen-bond donors (Lipinski definition) is 2. The average Bonchev–Trinajstić information content (AvgIpc) is 2.78. The number of carbonyl (C=O) groups is 1. The molecule has 0 spiro atoms. The molecule has 1 aromatic heterocycles. The van der Waals surface area contributed by atoms with Crippen LogP contribution in [-0.2, 0) is 16.4 Å². The second kappa shape index (κ2) is 5.86. The number of nitrogens with one attached hydrogen (secondary N) is 2. The van der Waals surface area contributed by atoms with E-state index in [0.717, 1.165) is 17.8 Å². The highest BCUT2D eigenvalue weighted by molar-refractivity contribution is 7.93. The number of aromatic nitrogens is 1. The molecule has 1 aliphatic rings. The molecule has 2 heterocycles. The molecule has 6 nitrogen and oxygen atoms in total. The molecule has 116 valence electrons. The minimum absolute atomic E-state index is 0.0896. The molecule has 1 aliphatic heterocycles. The molecule has 2 aromatic rings. The van der Waals surface area contributed by atoms with E-state index in [9.17, 15) is 13.2 Å². The zero-order valence-corrected chi connectivity index (χ0v) is 13.7. The maximum atomic E-state index is 12.3. The Morgan fingerprint density at radius 2 is 2.00 bits per heavy atom. The van der Waals surface area contributed by atoms with Crippen molar-refractivity contribution in [3.63, 3.8) is 0 Å². The number of nitrogens with zero attached hydrogens (tertiary/aromatic N) is 1. The molecular formula is C13H12ClN3O3S2. The minimum Gasteiger partial charge on any atom is -0.351 e. The van der Waals surface area contributed by atoms with Crippen molar-refractivity contribution in [3.8, 4) is 0 Å². The Balaban J connectivity index is 1.88. The minimum atomic E-state index is -3.75. The predicted molar refractivity (Wildman–Crippen MR) is 85.0 cm³/mol. The zero-order valence-electron chi connectivity index (χ0n) is 11.3. The summed E-state index contributed by atoms with van der Waals surface area (Å²) in [5, 5.41) is 3.40. The van der Waals surface area contributed by atoms with Crippen LogP contribution in [0.25, 0.3) is 0 Å². The maximum Gasteiger partial charge on any atom is 0.263 e. The van der Waals surface area contributed by atoms with E-state index in [4.69, 9.17) is 11.6 Å². The van der Waals surface area contributed by atoms with Crippen LogP contribution in [0, 0.1) is 0 Å². The SMILES string of the molecule is O=C1NCCCc2nc(NS(=O)(=O)c3ccc(Cl)cc3)sc21. The van der Waals surface area contributed by atoms with E-state index >= 15 is 0 Å². The second-order valence-electron chi connectivity index (χ2n) is 4.71. The van der Waals surface area contributed by atoms with Gasteiger partial charge in [-0.25, -0.2) is 13.4 Å².